The van der Waals surface area contributed by atoms with Gasteiger partial charge in [-0.25, -0.2) is 9.78 Å². The molecule has 3 aliphatic rings. The fourth-order valence-corrected chi connectivity index (χ4v) is 4.44. The number of carbonyl (C=O) groups is 2. The third-order valence-electron chi connectivity index (χ3n) is 6.19. The fraction of sp³-hybridized carbons (Fsp3) is 0.700. The maximum absolute atomic E-state index is 12.5. The Hall–Kier alpha value is -2.27. The van der Waals surface area contributed by atoms with Crippen LogP contribution < -0.4 is 0 Å². The largest absolute Gasteiger partial charge is 0.490 e. The van der Waals surface area contributed by atoms with Crippen LogP contribution in [0.3, 0.4) is 0 Å². The molecule has 0 aromatic carbocycles. The lowest BCUT2D eigenvalue weighted by Gasteiger charge is -2.39. The highest BCUT2D eigenvalue weighted by atomic mass is 19.4. The highest BCUT2D eigenvalue weighted by molar-refractivity contribution is 5.92. The smallest absolute Gasteiger partial charge is 0.475 e. The quantitative estimate of drug-likeness (QED) is 0.763. The van der Waals surface area contributed by atoms with Crippen LogP contribution in [0.5, 0.6) is 0 Å². The second-order valence-corrected chi connectivity index (χ2v) is 8.40. The Labute approximate surface area is 178 Å². The number of hydrogen-bond acceptors (Lipinski definition) is 6. The lowest BCUT2D eigenvalue weighted by molar-refractivity contribution is -0.192. The predicted molar refractivity (Wildman–Crippen MR) is 103 cm³/mol. The molecule has 1 aromatic heterocycles. The third-order valence-corrected chi connectivity index (χ3v) is 6.19. The lowest BCUT2D eigenvalue weighted by atomic mass is 9.77. The van der Waals surface area contributed by atoms with E-state index in [9.17, 15) is 18.0 Å². The van der Waals surface area contributed by atoms with E-state index in [1.807, 2.05) is 4.90 Å². The minimum atomic E-state index is -5.08. The Kier molecular flexibility index (Phi) is 7.47. The van der Waals surface area contributed by atoms with Gasteiger partial charge in [-0.05, 0) is 43.6 Å². The first-order chi connectivity index (χ1) is 14.7. The second kappa shape index (κ2) is 9.90. The Bertz CT molecular complexity index is 749. The molecule has 0 radical (unpaired) electrons. The molecular weight excluding hydrogens is 417 g/mol. The molecule has 4 heterocycles. The van der Waals surface area contributed by atoms with E-state index in [0.29, 0.717) is 11.1 Å². The highest BCUT2D eigenvalue weighted by Gasteiger charge is 2.42. The summed E-state index contributed by atoms with van der Waals surface area (Å²) in [5.41, 5.74) is 0.876. The third kappa shape index (κ3) is 6.36. The van der Waals surface area contributed by atoms with Crippen molar-refractivity contribution in [3.63, 3.8) is 0 Å². The van der Waals surface area contributed by atoms with Crippen molar-refractivity contribution >= 4 is 11.9 Å². The predicted octanol–water partition coefficient (Wildman–Crippen LogP) is 2.07. The van der Waals surface area contributed by atoms with Gasteiger partial charge in [0.15, 0.2) is 0 Å². The Morgan fingerprint density at radius 2 is 1.87 bits per heavy atom. The lowest BCUT2D eigenvalue weighted by Crippen LogP contribution is -2.44. The Morgan fingerprint density at radius 3 is 2.42 bits per heavy atom. The Balaban J connectivity index is 0.000000339. The van der Waals surface area contributed by atoms with E-state index in [4.69, 9.17) is 14.6 Å². The zero-order valence-electron chi connectivity index (χ0n) is 17.2. The van der Waals surface area contributed by atoms with Crippen molar-refractivity contribution in [1.82, 2.24) is 19.8 Å². The topological polar surface area (TPSA) is 95.9 Å². The summed E-state index contributed by atoms with van der Waals surface area (Å²) in [6, 6.07) is 0. The van der Waals surface area contributed by atoms with Crippen molar-refractivity contribution in [3.05, 3.63) is 24.3 Å². The molecule has 31 heavy (non-hydrogen) atoms. The van der Waals surface area contributed by atoms with Crippen molar-refractivity contribution in [3.8, 4) is 0 Å². The number of carbonyl (C=O) groups excluding carboxylic acids is 1. The number of carboxylic acids is 1. The van der Waals surface area contributed by atoms with Crippen molar-refractivity contribution in [2.45, 2.75) is 31.9 Å². The molecule has 1 aromatic rings. The zero-order valence-corrected chi connectivity index (χ0v) is 17.2. The molecule has 1 spiro atoms. The molecule has 4 rings (SSSR count). The van der Waals surface area contributed by atoms with Gasteiger partial charge in [0, 0.05) is 45.2 Å². The zero-order chi connectivity index (χ0) is 22.5. The van der Waals surface area contributed by atoms with E-state index in [1.54, 1.807) is 18.6 Å². The molecular formula is C20H27F3N4O4. The monoisotopic (exact) mass is 444 g/mol. The van der Waals surface area contributed by atoms with Gasteiger partial charge in [-0.1, -0.05) is 0 Å². The first-order valence-electron chi connectivity index (χ1n) is 10.3. The van der Waals surface area contributed by atoms with Crippen LogP contribution in [0.15, 0.2) is 18.6 Å². The molecule has 0 saturated carbocycles. The van der Waals surface area contributed by atoms with Crippen molar-refractivity contribution in [2.24, 2.45) is 11.3 Å². The summed E-state index contributed by atoms with van der Waals surface area (Å²) < 4.78 is 37.2. The molecule has 0 bridgehead atoms. The average Bonchev–Trinajstić information content (AvgIpc) is 3.39. The number of piperidine rings is 1. The first kappa shape index (κ1) is 23.4. The van der Waals surface area contributed by atoms with Crippen molar-refractivity contribution < 1.29 is 32.6 Å². The molecule has 1 unspecified atom stereocenters. The number of alkyl halides is 3. The summed E-state index contributed by atoms with van der Waals surface area (Å²) in [6.07, 6.45) is 4.36. The fourth-order valence-electron chi connectivity index (χ4n) is 4.44. The maximum atomic E-state index is 12.5. The summed E-state index contributed by atoms with van der Waals surface area (Å²) in [4.78, 5) is 34.1. The molecule has 1 amide bonds. The number of carboxylic acid groups (broad SMARTS) is 1. The van der Waals surface area contributed by atoms with Crippen LogP contribution in [-0.2, 0) is 9.53 Å². The number of aliphatic carboxylic acids is 1. The summed E-state index contributed by atoms with van der Waals surface area (Å²) in [5.74, 6) is -2.01. The summed E-state index contributed by atoms with van der Waals surface area (Å²) in [6.45, 7) is 7.13. The van der Waals surface area contributed by atoms with Gasteiger partial charge in [0.05, 0.1) is 12.8 Å². The normalized spacial score (nSPS) is 23.5. The first-order valence-corrected chi connectivity index (χ1v) is 10.3. The summed E-state index contributed by atoms with van der Waals surface area (Å²) in [7, 11) is 0. The number of hydrogen-bond donors (Lipinski definition) is 1. The van der Waals surface area contributed by atoms with Gasteiger partial charge in [0.2, 0.25) is 0 Å². The van der Waals surface area contributed by atoms with E-state index < -0.39 is 12.1 Å². The van der Waals surface area contributed by atoms with Crippen LogP contribution >= 0.6 is 0 Å². The number of likely N-dealkylation sites (tertiary alicyclic amines) is 2. The molecule has 1 N–H and O–H groups in total. The van der Waals surface area contributed by atoms with Gasteiger partial charge in [-0.15, -0.1) is 0 Å². The van der Waals surface area contributed by atoms with Gasteiger partial charge in [-0.2, -0.15) is 13.2 Å². The Morgan fingerprint density at radius 1 is 1.19 bits per heavy atom. The van der Waals surface area contributed by atoms with Crippen LogP contribution in [0.1, 0.15) is 36.2 Å². The number of aromatic nitrogens is 2. The van der Waals surface area contributed by atoms with E-state index in [0.717, 1.165) is 45.1 Å². The maximum Gasteiger partial charge on any atom is 0.490 e. The number of rotatable bonds is 3. The van der Waals surface area contributed by atoms with Gasteiger partial charge in [0.1, 0.15) is 5.69 Å². The molecule has 1 atom stereocenters. The number of halogens is 3. The molecule has 3 aliphatic heterocycles. The summed E-state index contributed by atoms with van der Waals surface area (Å²) >= 11 is 0. The van der Waals surface area contributed by atoms with Crippen LogP contribution in [0.25, 0.3) is 0 Å². The second-order valence-electron chi connectivity index (χ2n) is 8.40. The average molecular weight is 444 g/mol. The summed E-state index contributed by atoms with van der Waals surface area (Å²) in [5, 5.41) is 7.12. The van der Waals surface area contributed by atoms with Crippen molar-refractivity contribution in [2.75, 3.05) is 45.9 Å². The van der Waals surface area contributed by atoms with Crippen LogP contribution in [-0.4, -0.2) is 88.9 Å². The number of ether oxygens (including phenoxy) is 1. The van der Waals surface area contributed by atoms with E-state index in [2.05, 4.69) is 14.9 Å². The molecule has 0 aliphatic carbocycles. The van der Waals surface area contributed by atoms with Gasteiger partial charge in [0.25, 0.3) is 5.91 Å². The minimum absolute atomic E-state index is 0.0240. The van der Waals surface area contributed by atoms with E-state index in [-0.39, 0.29) is 5.91 Å². The van der Waals surface area contributed by atoms with E-state index in [1.165, 1.54) is 32.5 Å². The molecule has 11 heteroatoms. The van der Waals surface area contributed by atoms with E-state index >= 15 is 0 Å². The standard InChI is InChI=1S/C18H26N4O2.C2HF3O2/c23-17(16-11-19-5-6-20-16)22-8-3-18(4-9-22)2-7-21(14-18)12-15-1-10-24-13-15;3-2(4,5)1(6)7/h5-6,11,15H,1-4,7-10,12-14H2;(H,6,7). The van der Waals surface area contributed by atoms with Crippen molar-refractivity contribution in [1.29, 1.82) is 0 Å². The highest BCUT2D eigenvalue weighted by Crippen LogP contribution is 2.41. The number of nitrogens with zero attached hydrogens (tertiary/aromatic N) is 4. The molecule has 172 valence electrons. The van der Waals surface area contributed by atoms with Gasteiger partial charge in [-0.3, -0.25) is 9.78 Å². The van der Waals surface area contributed by atoms with Gasteiger partial charge < -0.3 is 19.6 Å². The molecule has 3 saturated heterocycles. The SMILES string of the molecule is O=C(O)C(F)(F)F.O=C(c1cnccn1)N1CCC2(CCN(CC3CCOC3)C2)CC1. The van der Waals surface area contributed by atoms with Gasteiger partial charge >= 0.3 is 12.1 Å². The molecule has 8 nitrogen and oxygen atoms in total. The number of amides is 1. The minimum Gasteiger partial charge on any atom is -0.475 e. The van der Waals surface area contributed by atoms with Crippen LogP contribution in [0.4, 0.5) is 13.2 Å². The molecule has 3 fully saturated rings. The van der Waals surface area contributed by atoms with Crippen LogP contribution in [0, 0.1) is 11.3 Å². The van der Waals surface area contributed by atoms with Crippen LogP contribution in [0.2, 0.25) is 0 Å².